The second-order valence-corrected chi connectivity index (χ2v) is 5.95. The molecule has 2 aromatic carbocycles. The summed E-state index contributed by atoms with van der Waals surface area (Å²) in [5.74, 6) is 1.51. The molecule has 0 spiro atoms. The fourth-order valence-corrected chi connectivity index (χ4v) is 3.03. The van der Waals surface area contributed by atoms with Gasteiger partial charge in [-0.1, -0.05) is 59.8 Å². The second kappa shape index (κ2) is 6.81. The largest absolute Gasteiger partial charge is 0.270 e. The fraction of sp³-hybridized carbons (Fsp3) is 0.0588. The van der Waals surface area contributed by atoms with Gasteiger partial charge in [-0.2, -0.15) is 0 Å². The summed E-state index contributed by atoms with van der Waals surface area (Å²) in [5, 5.41) is 10.1. The van der Waals surface area contributed by atoms with Crippen molar-refractivity contribution in [2.24, 2.45) is 0 Å². The molecule has 0 aliphatic rings. The topological polar surface area (TPSA) is 30.7 Å². The van der Waals surface area contributed by atoms with E-state index < -0.39 is 0 Å². The van der Waals surface area contributed by atoms with Crippen LogP contribution in [0.2, 0.25) is 5.02 Å². The Bertz CT molecular complexity index is 784. The molecule has 0 atom stereocenters. The molecule has 0 bridgehead atoms. The molecule has 3 nitrogen and oxygen atoms in total. The average Bonchev–Trinajstić information content (AvgIpc) is 2.98. The number of nitrogens with zero attached hydrogens (tertiary/aromatic N) is 3. The van der Waals surface area contributed by atoms with Gasteiger partial charge in [0.2, 0.25) is 0 Å². The Kier molecular flexibility index (Phi) is 4.61. The molecular formula is C17H14ClN3S. The van der Waals surface area contributed by atoms with Crippen LogP contribution in [0.5, 0.6) is 0 Å². The van der Waals surface area contributed by atoms with Crippen LogP contribution >= 0.6 is 23.4 Å². The molecule has 5 heteroatoms. The first-order valence-corrected chi connectivity index (χ1v) is 8.17. The van der Waals surface area contributed by atoms with Gasteiger partial charge in [0.15, 0.2) is 11.0 Å². The maximum absolute atomic E-state index is 6.33. The summed E-state index contributed by atoms with van der Waals surface area (Å²) in [4.78, 5) is 0. The van der Waals surface area contributed by atoms with Crippen LogP contribution in [0.1, 0.15) is 0 Å². The van der Waals surface area contributed by atoms with Gasteiger partial charge in [0.1, 0.15) is 0 Å². The standard InChI is InChI=1S/C17H14ClN3S/c1-2-12-22-17-20-19-16(14-10-6-7-11-15(14)18)21(17)13-8-4-3-5-9-13/h2-11H,1,12H2. The molecule has 0 saturated carbocycles. The van der Waals surface area contributed by atoms with E-state index in [0.717, 1.165) is 28.0 Å². The smallest absolute Gasteiger partial charge is 0.196 e. The molecule has 22 heavy (non-hydrogen) atoms. The molecule has 1 heterocycles. The first-order chi connectivity index (χ1) is 10.8. The zero-order chi connectivity index (χ0) is 15.4. The number of hydrogen-bond acceptors (Lipinski definition) is 3. The summed E-state index contributed by atoms with van der Waals surface area (Å²) in [5.41, 5.74) is 1.87. The molecule has 3 rings (SSSR count). The first kappa shape index (κ1) is 14.9. The van der Waals surface area contributed by atoms with Crippen molar-refractivity contribution in [3.8, 4) is 17.1 Å². The number of halogens is 1. The zero-order valence-electron chi connectivity index (χ0n) is 11.8. The van der Waals surface area contributed by atoms with Crippen LogP contribution < -0.4 is 0 Å². The van der Waals surface area contributed by atoms with Crippen molar-refractivity contribution < 1.29 is 0 Å². The van der Waals surface area contributed by atoms with Crippen LogP contribution in [0.4, 0.5) is 0 Å². The van der Waals surface area contributed by atoms with Gasteiger partial charge in [-0.05, 0) is 24.3 Å². The van der Waals surface area contributed by atoms with E-state index in [1.165, 1.54) is 0 Å². The van der Waals surface area contributed by atoms with Gasteiger partial charge < -0.3 is 0 Å². The minimum Gasteiger partial charge on any atom is -0.270 e. The van der Waals surface area contributed by atoms with Gasteiger partial charge in [-0.3, -0.25) is 4.57 Å². The molecule has 0 saturated heterocycles. The SMILES string of the molecule is C=CCSc1nnc(-c2ccccc2Cl)n1-c1ccccc1. The summed E-state index contributed by atoms with van der Waals surface area (Å²) < 4.78 is 2.02. The number of aromatic nitrogens is 3. The monoisotopic (exact) mass is 327 g/mol. The molecule has 3 aromatic rings. The van der Waals surface area contributed by atoms with Gasteiger partial charge in [0.25, 0.3) is 0 Å². The van der Waals surface area contributed by atoms with E-state index in [1.807, 2.05) is 65.2 Å². The molecule has 0 aliphatic heterocycles. The molecular weight excluding hydrogens is 314 g/mol. The average molecular weight is 328 g/mol. The Hall–Kier alpha value is -2.04. The van der Waals surface area contributed by atoms with Crippen LogP contribution in [0.3, 0.4) is 0 Å². The van der Waals surface area contributed by atoms with E-state index >= 15 is 0 Å². The lowest BCUT2D eigenvalue weighted by Crippen LogP contribution is -1.99. The summed E-state index contributed by atoms with van der Waals surface area (Å²) in [6.07, 6.45) is 1.85. The Balaban J connectivity index is 2.17. The quantitative estimate of drug-likeness (QED) is 0.495. The predicted octanol–water partition coefficient (Wildman–Crippen LogP) is 4.87. The molecule has 0 radical (unpaired) electrons. The molecule has 0 amide bonds. The summed E-state index contributed by atoms with van der Waals surface area (Å²) >= 11 is 7.92. The van der Waals surface area contributed by atoms with Crippen LogP contribution in [0, 0.1) is 0 Å². The van der Waals surface area contributed by atoms with Crippen LogP contribution in [-0.4, -0.2) is 20.5 Å². The predicted molar refractivity (Wildman–Crippen MR) is 92.7 cm³/mol. The van der Waals surface area contributed by atoms with Crippen molar-refractivity contribution in [3.63, 3.8) is 0 Å². The van der Waals surface area contributed by atoms with E-state index in [-0.39, 0.29) is 0 Å². The van der Waals surface area contributed by atoms with E-state index in [0.29, 0.717) is 5.02 Å². The summed E-state index contributed by atoms with van der Waals surface area (Å²) in [7, 11) is 0. The number of rotatable bonds is 5. The van der Waals surface area contributed by atoms with Crippen LogP contribution in [0.25, 0.3) is 17.1 Å². The van der Waals surface area contributed by atoms with Crippen molar-refractivity contribution in [2.75, 3.05) is 5.75 Å². The maximum Gasteiger partial charge on any atom is 0.196 e. The number of thioether (sulfide) groups is 1. The third-order valence-corrected chi connectivity index (χ3v) is 4.35. The highest BCUT2D eigenvalue weighted by molar-refractivity contribution is 7.99. The number of benzene rings is 2. The molecule has 0 aliphatic carbocycles. The molecule has 0 N–H and O–H groups in total. The Labute approximate surface area is 138 Å². The molecule has 0 unspecified atom stereocenters. The third kappa shape index (κ3) is 2.93. The minimum atomic E-state index is 0.660. The van der Waals surface area contributed by atoms with Crippen LogP contribution in [-0.2, 0) is 0 Å². The minimum absolute atomic E-state index is 0.660. The van der Waals surface area contributed by atoms with Gasteiger partial charge >= 0.3 is 0 Å². The zero-order valence-corrected chi connectivity index (χ0v) is 13.4. The van der Waals surface area contributed by atoms with E-state index in [1.54, 1.807) is 11.8 Å². The van der Waals surface area contributed by atoms with Crippen molar-refractivity contribution >= 4 is 23.4 Å². The van der Waals surface area contributed by atoms with Gasteiger partial charge in [-0.15, -0.1) is 16.8 Å². The Morgan fingerprint density at radius 1 is 1.05 bits per heavy atom. The fourth-order valence-electron chi connectivity index (χ4n) is 2.12. The lowest BCUT2D eigenvalue weighted by molar-refractivity contribution is 0.888. The molecule has 1 aromatic heterocycles. The van der Waals surface area contributed by atoms with Gasteiger partial charge in [-0.25, -0.2) is 0 Å². The van der Waals surface area contributed by atoms with E-state index in [4.69, 9.17) is 11.6 Å². The first-order valence-electron chi connectivity index (χ1n) is 6.80. The Morgan fingerprint density at radius 2 is 1.77 bits per heavy atom. The van der Waals surface area contributed by atoms with Gasteiger partial charge in [0.05, 0.1) is 5.02 Å². The van der Waals surface area contributed by atoms with Crippen LogP contribution in [0.15, 0.2) is 72.4 Å². The lowest BCUT2D eigenvalue weighted by Gasteiger charge is -2.10. The highest BCUT2D eigenvalue weighted by Gasteiger charge is 2.17. The molecule has 110 valence electrons. The number of hydrogen-bond donors (Lipinski definition) is 0. The van der Waals surface area contributed by atoms with Gasteiger partial charge in [0, 0.05) is 17.0 Å². The highest BCUT2D eigenvalue weighted by atomic mass is 35.5. The number of para-hydroxylation sites is 1. The van der Waals surface area contributed by atoms with Crippen molar-refractivity contribution in [1.82, 2.24) is 14.8 Å². The summed E-state index contributed by atoms with van der Waals surface area (Å²) in [6, 6.07) is 17.7. The van der Waals surface area contributed by atoms with Crippen molar-refractivity contribution in [3.05, 3.63) is 72.3 Å². The van der Waals surface area contributed by atoms with Crippen molar-refractivity contribution in [2.45, 2.75) is 5.16 Å². The molecule has 0 fully saturated rings. The van der Waals surface area contributed by atoms with Crippen molar-refractivity contribution in [1.29, 1.82) is 0 Å². The third-order valence-electron chi connectivity index (χ3n) is 3.09. The highest BCUT2D eigenvalue weighted by Crippen LogP contribution is 2.31. The maximum atomic E-state index is 6.33. The lowest BCUT2D eigenvalue weighted by atomic mass is 10.2. The van der Waals surface area contributed by atoms with E-state index in [9.17, 15) is 0 Å². The Morgan fingerprint density at radius 3 is 2.50 bits per heavy atom. The van der Waals surface area contributed by atoms with E-state index in [2.05, 4.69) is 16.8 Å². The summed E-state index contributed by atoms with van der Waals surface area (Å²) in [6.45, 7) is 3.76. The normalized spacial score (nSPS) is 10.6. The second-order valence-electron chi connectivity index (χ2n) is 4.56.